The molecule has 164 valence electrons. The molecule has 2 N–H and O–H groups in total. The second-order valence-corrected chi connectivity index (χ2v) is 8.44. The molecule has 1 saturated heterocycles. The molecule has 1 fully saturated rings. The Balaban J connectivity index is 1.31. The minimum absolute atomic E-state index is 0.0638. The van der Waals surface area contributed by atoms with Gasteiger partial charge in [0.2, 0.25) is 11.9 Å². The van der Waals surface area contributed by atoms with Gasteiger partial charge >= 0.3 is 0 Å². The van der Waals surface area contributed by atoms with Crippen molar-refractivity contribution in [3.63, 3.8) is 0 Å². The van der Waals surface area contributed by atoms with Crippen LogP contribution in [0.3, 0.4) is 0 Å². The van der Waals surface area contributed by atoms with Crippen molar-refractivity contribution in [2.24, 2.45) is 0 Å². The van der Waals surface area contributed by atoms with E-state index in [4.69, 9.17) is 4.74 Å². The second kappa shape index (κ2) is 9.09. The number of carbonyl (C=O) groups is 1. The summed E-state index contributed by atoms with van der Waals surface area (Å²) in [6.45, 7) is 1.31. The molecule has 5 rings (SSSR count). The molecule has 1 amide bonds. The number of benzene rings is 2. The van der Waals surface area contributed by atoms with Gasteiger partial charge in [0.05, 0.1) is 29.4 Å². The van der Waals surface area contributed by atoms with Crippen molar-refractivity contribution in [2.45, 2.75) is 30.6 Å². The number of amides is 1. The van der Waals surface area contributed by atoms with Crippen LogP contribution in [0.25, 0.3) is 22.4 Å². The summed E-state index contributed by atoms with van der Waals surface area (Å²) in [5, 5.41) is 12.0. The first-order valence-corrected chi connectivity index (χ1v) is 11.3. The summed E-state index contributed by atoms with van der Waals surface area (Å²) in [6, 6.07) is 13.7. The zero-order chi connectivity index (χ0) is 21.9. The number of imidazole rings is 1. The van der Waals surface area contributed by atoms with Gasteiger partial charge in [-0.1, -0.05) is 23.9 Å². The number of para-hydroxylation sites is 2. The van der Waals surface area contributed by atoms with Gasteiger partial charge < -0.3 is 9.72 Å². The van der Waals surface area contributed by atoms with Crippen molar-refractivity contribution in [2.75, 3.05) is 17.7 Å². The number of ether oxygens (including phenoxy) is 1. The molecule has 0 radical (unpaired) electrons. The number of carbonyl (C=O) groups excluding carboxylic acids is 1. The first-order valence-electron chi connectivity index (χ1n) is 10.3. The van der Waals surface area contributed by atoms with Crippen LogP contribution < -0.4 is 5.32 Å². The number of H-pyrrole nitrogens is 1. The average molecular weight is 453 g/mol. The number of anilines is 1. The average Bonchev–Trinajstić information content (AvgIpc) is 3.53. The molecule has 1 atom stereocenters. The summed E-state index contributed by atoms with van der Waals surface area (Å²) in [6.07, 6.45) is 2.03. The third-order valence-electron chi connectivity index (χ3n) is 5.21. The number of hydrogen-bond acceptors (Lipinski definition) is 6. The normalized spacial score (nSPS) is 16.0. The van der Waals surface area contributed by atoms with E-state index < -0.39 is 0 Å². The largest absolute Gasteiger partial charge is 0.376 e. The molecule has 0 saturated carbocycles. The van der Waals surface area contributed by atoms with E-state index in [0.717, 1.165) is 36.0 Å². The van der Waals surface area contributed by atoms with Crippen molar-refractivity contribution < 1.29 is 13.9 Å². The standard InChI is InChI=1S/C22H21FN6O2S/c23-15-9-7-14(8-10-15)20-27-28-22(29(20)12-16-4-3-11-31-16)32-13-19(30)26-21-24-17-5-1-2-6-18(17)25-21/h1-2,5-10,16H,3-4,11-13H2,(H2,24,25,26,30)/t16-/m1/s1. The highest BCUT2D eigenvalue weighted by atomic mass is 32.2. The highest BCUT2D eigenvalue weighted by Crippen LogP contribution is 2.27. The van der Waals surface area contributed by atoms with Gasteiger partial charge in [-0.25, -0.2) is 9.37 Å². The molecule has 0 bridgehead atoms. The van der Waals surface area contributed by atoms with E-state index >= 15 is 0 Å². The van der Waals surface area contributed by atoms with E-state index in [9.17, 15) is 9.18 Å². The molecule has 1 aliphatic rings. The van der Waals surface area contributed by atoms with Gasteiger partial charge in [0.25, 0.3) is 0 Å². The fraction of sp³-hybridized carbons (Fsp3) is 0.273. The molecule has 4 aromatic rings. The zero-order valence-electron chi connectivity index (χ0n) is 17.1. The molecule has 3 heterocycles. The molecule has 0 aliphatic carbocycles. The van der Waals surface area contributed by atoms with Crippen LogP contribution >= 0.6 is 11.8 Å². The maximum Gasteiger partial charge on any atom is 0.237 e. The van der Waals surface area contributed by atoms with E-state index in [1.807, 2.05) is 28.8 Å². The number of nitrogens with one attached hydrogen (secondary N) is 2. The first-order chi connectivity index (χ1) is 15.7. The monoisotopic (exact) mass is 452 g/mol. The zero-order valence-corrected chi connectivity index (χ0v) is 17.9. The highest BCUT2D eigenvalue weighted by molar-refractivity contribution is 7.99. The Hall–Kier alpha value is -3.24. The quantitative estimate of drug-likeness (QED) is 0.413. The first kappa shape index (κ1) is 20.7. The molecular formula is C22H21FN6O2S. The van der Waals surface area contributed by atoms with Crippen LogP contribution in [0.5, 0.6) is 0 Å². The van der Waals surface area contributed by atoms with Crippen molar-refractivity contribution in [1.29, 1.82) is 0 Å². The Labute approximate surface area is 187 Å². The number of hydrogen-bond donors (Lipinski definition) is 2. The fourth-order valence-electron chi connectivity index (χ4n) is 3.67. The molecule has 10 heteroatoms. The Bertz CT molecular complexity index is 1200. The minimum atomic E-state index is -0.309. The number of fused-ring (bicyclic) bond motifs is 1. The lowest BCUT2D eigenvalue weighted by molar-refractivity contribution is -0.113. The molecule has 8 nitrogen and oxygen atoms in total. The van der Waals surface area contributed by atoms with Crippen molar-refractivity contribution in [3.8, 4) is 11.4 Å². The lowest BCUT2D eigenvalue weighted by atomic mass is 10.2. The van der Waals surface area contributed by atoms with E-state index in [1.54, 1.807) is 12.1 Å². The Morgan fingerprint density at radius 1 is 1.22 bits per heavy atom. The number of rotatable bonds is 7. The van der Waals surface area contributed by atoms with Gasteiger partial charge in [0, 0.05) is 12.2 Å². The lowest BCUT2D eigenvalue weighted by Crippen LogP contribution is -2.18. The van der Waals surface area contributed by atoms with E-state index in [-0.39, 0.29) is 23.6 Å². The SMILES string of the molecule is O=C(CSc1nnc(-c2ccc(F)cc2)n1C[C@H]1CCCO1)Nc1nc2ccccc2[nH]1. The van der Waals surface area contributed by atoms with Crippen LogP contribution in [0.15, 0.2) is 53.7 Å². The van der Waals surface area contributed by atoms with E-state index in [1.165, 1.54) is 23.9 Å². The third kappa shape index (κ3) is 4.51. The maximum atomic E-state index is 13.4. The van der Waals surface area contributed by atoms with Gasteiger partial charge in [-0.3, -0.25) is 14.7 Å². The summed E-state index contributed by atoms with van der Waals surface area (Å²) in [4.78, 5) is 20.0. The Kier molecular flexibility index (Phi) is 5.87. The Morgan fingerprint density at radius 3 is 2.84 bits per heavy atom. The highest BCUT2D eigenvalue weighted by Gasteiger charge is 2.22. The van der Waals surface area contributed by atoms with Crippen LogP contribution in [-0.2, 0) is 16.1 Å². The number of halogens is 1. The summed E-state index contributed by atoms with van der Waals surface area (Å²) in [5.74, 6) is 0.662. The molecular weight excluding hydrogens is 431 g/mol. The minimum Gasteiger partial charge on any atom is -0.376 e. The molecule has 1 aliphatic heterocycles. The van der Waals surface area contributed by atoms with Crippen molar-refractivity contribution in [1.82, 2.24) is 24.7 Å². The van der Waals surface area contributed by atoms with Crippen molar-refractivity contribution in [3.05, 3.63) is 54.3 Å². The topological polar surface area (TPSA) is 97.7 Å². The molecule has 2 aromatic heterocycles. The number of aromatic amines is 1. The molecule has 32 heavy (non-hydrogen) atoms. The predicted octanol–water partition coefficient (Wildman–Crippen LogP) is 3.87. The van der Waals surface area contributed by atoms with Crippen LogP contribution in [-0.4, -0.2) is 49.1 Å². The van der Waals surface area contributed by atoms with E-state index in [0.29, 0.717) is 23.5 Å². The van der Waals surface area contributed by atoms with Gasteiger partial charge in [-0.15, -0.1) is 10.2 Å². The molecule has 0 unspecified atom stereocenters. The molecule has 0 spiro atoms. The van der Waals surface area contributed by atoms with Gasteiger partial charge in [-0.05, 0) is 49.2 Å². The fourth-order valence-corrected chi connectivity index (χ4v) is 4.42. The number of nitrogens with zero attached hydrogens (tertiary/aromatic N) is 4. The Morgan fingerprint density at radius 2 is 2.06 bits per heavy atom. The lowest BCUT2D eigenvalue weighted by Gasteiger charge is -2.14. The predicted molar refractivity (Wildman–Crippen MR) is 120 cm³/mol. The summed E-state index contributed by atoms with van der Waals surface area (Å²) in [7, 11) is 0. The van der Waals surface area contributed by atoms with Crippen molar-refractivity contribution >= 4 is 34.7 Å². The second-order valence-electron chi connectivity index (χ2n) is 7.50. The van der Waals surface area contributed by atoms with Crippen LogP contribution in [0.1, 0.15) is 12.8 Å². The van der Waals surface area contributed by atoms with Gasteiger partial charge in [-0.2, -0.15) is 0 Å². The van der Waals surface area contributed by atoms with Crippen LogP contribution in [0.2, 0.25) is 0 Å². The number of aromatic nitrogens is 5. The van der Waals surface area contributed by atoms with Gasteiger partial charge in [0.1, 0.15) is 5.82 Å². The maximum absolute atomic E-state index is 13.4. The summed E-state index contributed by atoms with van der Waals surface area (Å²) >= 11 is 1.29. The van der Waals surface area contributed by atoms with E-state index in [2.05, 4.69) is 25.5 Å². The molecule has 2 aromatic carbocycles. The van der Waals surface area contributed by atoms with Crippen LogP contribution in [0, 0.1) is 5.82 Å². The number of thioether (sulfide) groups is 1. The van der Waals surface area contributed by atoms with Gasteiger partial charge in [0.15, 0.2) is 11.0 Å². The third-order valence-corrected chi connectivity index (χ3v) is 6.18. The summed E-state index contributed by atoms with van der Waals surface area (Å²) < 4.78 is 21.1. The van der Waals surface area contributed by atoms with Crippen LogP contribution in [0.4, 0.5) is 10.3 Å². The summed E-state index contributed by atoms with van der Waals surface area (Å²) in [5.41, 5.74) is 2.40. The smallest absolute Gasteiger partial charge is 0.237 e.